The predicted molar refractivity (Wildman–Crippen MR) is 86.8 cm³/mol. The number of likely N-dealkylation sites (tertiary alicyclic amines) is 1. The van der Waals surface area contributed by atoms with E-state index in [1.807, 2.05) is 30.0 Å². The third-order valence-electron chi connectivity index (χ3n) is 4.94. The third-order valence-corrected chi connectivity index (χ3v) is 5.26. The number of piperidine rings is 1. The molecule has 2 fully saturated rings. The molecule has 1 aromatic carbocycles. The topological polar surface area (TPSA) is 32.3 Å². The van der Waals surface area contributed by atoms with E-state index in [1.165, 1.54) is 25.7 Å². The van der Waals surface area contributed by atoms with E-state index in [2.05, 4.69) is 5.32 Å². The van der Waals surface area contributed by atoms with Crippen LogP contribution in [0.25, 0.3) is 0 Å². The normalized spacial score (nSPS) is 25.3. The highest BCUT2D eigenvalue weighted by Gasteiger charge is 2.32. The summed E-state index contributed by atoms with van der Waals surface area (Å²) >= 11 is 6.19. The predicted octanol–water partition coefficient (Wildman–Crippen LogP) is 4.69. The monoisotopic (exact) mass is 306 g/mol. The van der Waals surface area contributed by atoms with Gasteiger partial charge in [0.05, 0.1) is 10.7 Å². The molecule has 1 aliphatic heterocycles. The first-order valence-electron chi connectivity index (χ1n) is 7.95. The Labute approximate surface area is 131 Å². The summed E-state index contributed by atoms with van der Waals surface area (Å²) < 4.78 is 0. The molecule has 2 atom stereocenters. The molecular formula is C17H23ClN2O. The molecular weight excluding hydrogens is 284 g/mol. The molecule has 0 aromatic heterocycles. The van der Waals surface area contributed by atoms with Crippen molar-refractivity contribution < 1.29 is 4.79 Å². The van der Waals surface area contributed by atoms with Crippen molar-refractivity contribution in [1.82, 2.24) is 4.90 Å². The van der Waals surface area contributed by atoms with Crippen LogP contribution in [0.3, 0.4) is 0 Å². The zero-order valence-corrected chi connectivity index (χ0v) is 13.3. The Bertz CT molecular complexity index is 532. The van der Waals surface area contributed by atoms with Gasteiger partial charge in [-0.05, 0) is 49.3 Å². The summed E-state index contributed by atoms with van der Waals surface area (Å²) in [5.41, 5.74) is 1.80. The maximum absolute atomic E-state index is 12.4. The maximum Gasteiger partial charge on any atom is 0.321 e. The van der Waals surface area contributed by atoms with E-state index in [0.717, 1.165) is 31.0 Å². The molecule has 0 spiro atoms. The fourth-order valence-electron chi connectivity index (χ4n) is 3.70. The number of carbonyl (C=O) groups excluding carboxylic acids is 1. The Balaban J connectivity index is 1.63. The quantitative estimate of drug-likeness (QED) is 0.802. The number of hydrogen-bond donors (Lipinski definition) is 1. The van der Waals surface area contributed by atoms with Crippen LogP contribution in [0.4, 0.5) is 10.5 Å². The Morgan fingerprint density at radius 3 is 2.76 bits per heavy atom. The van der Waals surface area contributed by atoms with Crippen molar-refractivity contribution >= 4 is 23.3 Å². The molecule has 1 N–H and O–H groups in total. The van der Waals surface area contributed by atoms with Crippen molar-refractivity contribution in [3.63, 3.8) is 0 Å². The van der Waals surface area contributed by atoms with Crippen LogP contribution in [-0.2, 0) is 0 Å². The number of halogens is 1. The number of nitrogens with one attached hydrogen (secondary N) is 1. The largest absolute Gasteiger partial charge is 0.324 e. The van der Waals surface area contributed by atoms with Gasteiger partial charge in [-0.3, -0.25) is 0 Å². The Morgan fingerprint density at radius 1 is 1.24 bits per heavy atom. The first-order chi connectivity index (χ1) is 10.1. The standard InChI is InChI=1S/C17H23ClN2O/c1-12-6-7-16(15(18)10-12)19-17(21)20-9-8-13-4-2-3-5-14(13)11-20/h6-7,10,13-14H,2-5,8-9,11H2,1H3,(H,19,21). The number of carbonyl (C=O) groups is 1. The minimum absolute atomic E-state index is 0.00947. The highest BCUT2D eigenvalue weighted by molar-refractivity contribution is 6.33. The number of urea groups is 1. The molecule has 3 rings (SSSR count). The number of aryl methyl sites for hydroxylation is 1. The van der Waals surface area contributed by atoms with Crippen LogP contribution in [0.2, 0.25) is 5.02 Å². The zero-order chi connectivity index (χ0) is 14.8. The van der Waals surface area contributed by atoms with Crippen molar-refractivity contribution in [3.05, 3.63) is 28.8 Å². The number of amides is 2. The van der Waals surface area contributed by atoms with E-state index in [-0.39, 0.29) is 6.03 Å². The fraction of sp³-hybridized carbons (Fsp3) is 0.588. The molecule has 1 aliphatic carbocycles. The molecule has 1 aromatic rings. The van der Waals surface area contributed by atoms with Crippen molar-refractivity contribution in [1.29, 1.82) is 0 Å². The van der Waals surface area contributed by atoms with Crippen LogP contribution in [0.5, 0.6) is 0 Å². The summed E-state index contributed by atoms with van der Waals surface area (Å²) in [6.45, 7) is 3.77. The van der Waals surface area contributed by atoms with E-state index in [9.17, 15) is 4.79 Å². The summed E-state index contributed by atoms with van der Waals surface area (Å²) in [6.07, 6.45) is 6.47. The van der Waals surface area contributed by atoms with Gasteiger partial charge >= 0.3 is 6.03 Å². The molecule has 114 valence electrons. The Hall–Kier alpha value is -1.22. The first-order valence-corrected chi connectivity index (χ1v) is 8.33. The van der Waals surface area contributed by atoms with Crippen molar-refractivity contribution in [2.45, 2.75) is 39.0 Å². The average molecular weight is 307 g/mol. The molecule has 0 bridgehead atoms. The lowest BCUT2D eigenvalue weighted by molar-refractivity contribution is 0.108. The molecule has 2 unspecified atom stereocenters. The second-order valence-corrected chi connectivity index (χ2v) is 6.86. The number of fused-ring (bicyclic) bond motifs is 1. The Morgan fingerprint density at radius 2 is 2.00 bits per heavy atom. The number of anilines is 1. The summed E-state index contributed by atoms with van der Waals surface area (Å²) in [6, 6.07) is 5.72. The van der Waals surface area contributed by atoms with Gasteiger partial charge in [-0.25, -0.2) is 4.79 Å². The minimum atomic E-state index is -0.00947. The van der Waals surface area contributed by atoms with Gasteiger partial charge in [0.15, 0.2) is 0 Å². The van der Waals surface area contributed by atoms with Crippen LogP contribution in [0.15, 0.2) is 18.2 Å². The van der Waals surface area contributed by atoms with Gasteiger partial charge in [0.1, 0.15) is 0 Å². The molecule has 2 aliphatic rings. The summed E-state index contributed by atoms with van der Waals surface area (Å²) in [4.78, 5) is 14.4. The molecule has 0 radical (unpaired) electrons. The molecule has 3 nitrogen and oxygen atoms in total. The molecule has 21 heavy (non-hydrogen) atoms. The summed E-state index contributed by atoms with van der Waals surface area (Å²) in [7, 11) is 0. The zero-order valence-electron chi connectivity index (χ0n) is 12.6. The van der Waals surface area contributed by atoms with Crippen LogP contribution in [0, 0.1) is 18.8 Å². The van der Waals surface area contributed by atoms with Crippen LogP contribution in [-0.4, -0.2) is 24.0 Å². The van der Waals surface area contributed by atoms with Crippen LogP contribution < -0.4 is 5.32 Å². The smallest absolute Gasteiger partial charge is 0.321 e. The van der Waals surface area contributed by atoms with Crippen LogP contribution >= 0.6 is 11.6 Å². The number of benzene rings is 1. The lowest BCUT2D eigenvalue weighted by Crippen LogP contribution is -2.46. The fourth-order valence-corrected chi connectivity index (χ4v) is 3.98. The van der Waals surface area contributed by atoms with Gasteiger partial charge in [0.25, 0.3) is 0 Å². The number of rotatable bonds is 1. The van der Waals surface area contributed by atoms with E-state index >= 15 is 0 Å². The molecule has 2 amide bonds. The Kier molecular flexibility index (Phi) is 4.39. The van der Waals surface area contributed by atoms with Crippen molar-refractivity contribution in [2.24, 2.45) is 11.8 Å². The van der Waals surface area contributed by atoms with E-state index in [0.29, 0.717) is 16.6 Å². The van der Waals surface area contributed by atoms with Gasteiger partial charge < -0.3 is 10.2 Å². The van der Waals surface area contributed by atoms with Gasteiger partial charge in [-0.1, -0.05) is 36.9 Å². The molecule has 4 heteroatoms. The summed E-state index contributed by atoms with van der Waals surface area (Å²) in [5, 5.41) is 3.57. The van der Waals surface area contributed by atoms with Gasteiger partial charge in [-0.15, -0.1) is 0 Å². The van der Waals surface area contributed by atoms with Gasteiger partial charge in [0, 0.05) is 13.1 Å². The second-order valence-electron chi connectivity index (χ2n) is 6.45. The van der Waals surface area contributed by atoms with Gasteiger partial charge in [0.2, 0.25) is 0 Å². The third kappa shape index (κ3) is 3.34. The average Bonchev–Trinajstić information content (AvgIpc) is 2.49. The minimum Gasteiger partial charge on any atom is -0.324 e. The van der Waals surface area contributed by atoms with E-state index in [4.69, 9.17) is 11.6 Å². The highest BCUT2D eigenvalue weighted by atomic mass is 35.5. The van der Waals surface area contributed by atoms with Gasteiger partial charge in [-0.2, -0.15) is 0 Å². The number of hydrogen-bond acceptors (Lipinski definition) is 1. The molecule has 1 saturated carbocycles. The second kappa shape index (κ2) is 6.27. The lowest BCUT2D eigenvalue weighted by Gasteiger charge is -2.41. The molecule has 1 heterocycles. The van der Waals surface area contributed by atoms with E-state index in [1.54, 1.807) is 0 Å². The van der Waals surface area contributed by atoms with Crippen LogP contribution in [0.1, 0.15) is 37.7 Å². The lowest BCUT2D eigenvalue weighted by atomic mass is 9.75. The van der Waals surface area contributed by atoms with Crippen molar-refractivity contribution in [3.8, 4) is 0 Å². The maximum atomic E-state index is 12.4. The molecule has 1 saturated heterocycles. The van der Waals surface area contributed by atoms with Crippen molar-refractivity contribution in [2.75, 3.05) is 18.4 Å². The SMILES string of the molecule is Cc1ccc(NC(=O)N2CCC3CCCCC3C2)c(Cl)c1. The van der Waals surface area contributed by atoms with E-state index < -0.39 is 0 Å². The summed E-state index contributed by atoms with van der Waals surface area (Å²) in [5.74, 6) is 1.54. The number of nitrogens with zero attached hydrogens (tertiary/aromatic N) is 1. The highest BCUT2D eigenvalue weighted by Crippen LogP contribution is 2.36. The first kappa shape index (κ1) is 14.7.